The summed E-state index contributed by atoms with van der Waals surface area (Å²) < 4.78 is 33.3. The van der Waals surface area contributed by atoms with Crippen LogP contribution in [0.3, 0.4) is 0 Å². The minimum absolute atomic E-state index is 0.0565. The number of carbonyl (C=O) groups is 1. The Kier molecular flexibility index (Phi) is 4.46. The summed E-state index contributed by atoms with van der Waals surface area (Å²) in [5, 5.41) is 8.89. The van der Waals surface area contributed by atoms with Crippen LogP contribution in [-0.4, -0.2) is 12.6 Å². The van der Waals surface area contributed by atoms with Gasteiger partial charge in [-0.05, 0) is 36.4 Å². The van der Waals surface area contributed by atoms with E-state index in [1.54, 1.807) is 12.1 Å². The standard InChI is InChI=1S/C15H9F2NO3/c16-15(17)20-12-7-5-10(6-8-12)14(19)21-13-4-2-1-3-11(13)9-18/h1-8,15H. The third kappa shape index (κ3) is 3.76. The lowest BCUT2D eigenvalue weighted by Crippen LogP contribution is -2.09. The number of hydrogen-bond acceptors (Lipinski definition) is 4. The van der Waals surface area contributed by atoms with Crippen molar-refractivity contribution in [2.75, 3.05) is 0 Å². The summed E-state index contributed by atoms with van der Waals surface area (Å²) in [5.41, 5.74) is 0.382. The van der Waals surface area contributed by atoms with Crippen LogP contribution in [0.25, 0.3) is 0 Å². The van der Waals surface area contributed by atoms with Gasteiger partial charge in [-0.2, -0.15) is 14.0 Å². The summed E-state index contributed by atoms with van der Waals surface area (Å²) in [6.07, 6.45) is 0. The molecule has 0 spiro atoms. The number of nitriles is 1. The van der Waals surface area contributed by atoms with Crippen LogP contribution in [0.15, 0.2) is 48.5 Å². The molecule has 106 valence electrons. The number of para-hydroxylation sites is 1. The first-order valence-electron chi connectivity index (χ1n) is 5.86. The van der Waals surface area contributed by atoms with Crippen molar-refractivity contribution in [1.29, 1.82) is 5.26 Å². The molecular weight excluding hydrogens is 280 g/mol. The predicted molar refractivity (Wildman–Crippen MR) is 69.2 cm³/mol. The Morgan fingerprint density at radius 1 is 1.10 bits per heavy atom. The molecule has 0 aromatic heterocycles. The molecule has 0 amide bonds. The van der Waals surface area contributed by atoms with Crippen molar-refractivity contribution in [2.45, 2.75) is 6.61 Å². The van der Waals surface area contributed by atoms with Gasteiger partial charge < -0.3 is 9.47 Å². The highest BCUT2D eigenvalue weighted by Gasteiger charge is 2.12. The second-order valence-electron chi connectivity index (χ2n) is 3.90. The van der Waals surface area contributed by atoms with Crippen LogP contribution in [0.5, 0.6) is 11.5 Å². The van der Waals surface area contributed by atoms with Crippen molar-refractivity contribution >= 4 is 5.97 Å². The molecule has 0 bridgehead atoms. The fraction of sp³-hybridized carbons (Fsp3) is 0.0667. The van der Waals surface area contributed by atoms with Gasteiger partial charge in [-0.15, -0.1) is 0 Å². The summed E-state index contributed by atoms with van der Waals surface area (Å²) >= 11 is 0. The summed E-state index contributed by atoms with van der Waals surface area (Å²) in [7, 11) is 0. The maximum absolute atomic E-state index is 12.0. The van der Waals surface area contributed by atoms with E-state index in [2.05, 4.69) is 4.74 Å². The van der Waals surface area contributed by atoms with Crippen molar-refractivity contribution in [3.8, 4) is 17.6 Å². The molecule has 2 aromatic carbocycles. The number of alkyl halides is 2. The molecule has 0 aliphatic heterocycles. The first-order chi connectivity index (χ1) is 10.1. The minimum Gasteiger partial charge on any atom is -0.435 e. The summed E-state index contributed by atoms with van der Waals surface area (Å²) in [6.45, 7) is -2.93. The molecule has 0 saturated carbocycles. The lowest BCUT2D eigenvalue weighted by atomic mass is 10.2. The van der Waals surface area contributed by atoms with Gasteiger partial charge in [0.25, 0.3) is 0 Å². The normalized spacial score (nSPS) is 10.0. The Morgan fingerprint density at radius 2 is 1.76 bits per heavy atom. The molecule has 0 aliphatic carbocycles. The molecule has 0 fully saturated rings. The van der Waals surface area contributed by atoms with E-state index in [0.717, 1.165) is 0 Å². The van der Waals surface area contributed by atoms with E-state index in [4.69, 9.17) is 10.00 Å². The van der Waals surface area contributed by atoms with Crippen LogP contribution in [0.2, 0.25) is 0 Å². The third-order valence-electron chi connectivity index (χ3n) is 2.53. The summed E-state index contributed by atoms with van der Waals surface area (Å²) in [4.78, 5) is 11.9. The van der Waals surface area contributed by atoms with Gasteiger partial charge in [-0.25, -0.2) is 4.79 Å². The summed E-state index contributed by atoms with van der Waals surface area (Å²) in [5.74, 6) is -0.613. The number of halogens is 2. The largest absolute Gasteiger partial charge is 0.435 e. The fourth-order valence-corrected chi connectivity index (χ4v) is 1.58. The van der Waals surface area contributed by atoms with Crippen LogP contribution in [0, 0.1) is 11.3 Å². The van der Waals surface area contributed by atoms with Gasteiger partial charge in [0, 0.05) is 0 Å². The van der Waals surface area contributed by atoms with Gasteiger partial charge in [0.15, 0.2) is 0 Å². The first kappa shape index (κ1) is 14.5. The minimum atomic E-state index is -2.93. The highest BCUT2D eigenvalue weighted by molar-refractivity contribution is 5.91. The maximum atomic E-state index is 12.0. The molecule has 0 atom stereocenters. The van der Waals surface area contributed by atoms with Crippen molar-refractivity contribution in [2.24, 2.45) is 0 Å². The van der Waals surface area contributed by atoms with E-state index >= 15 is 0 Å². The van der Waals surface area contributed by atoms with Crippen LogP contribution >= 0.6 is 0 Å². The van der Waals surface area contributed by atoms with Crippen LogP contribution in [0.4, 0.5) is 8.78 Å². The fourth-order valence-electron chi connectivity index (χ4n) is 1.58. The van der Waals surface area contributed by atoms with Gasteiger partial charge in [-0.3, -0.25) is 0 Å². The third-order valence-corrected chi connectivity index (χ3v) is 2.53. The average molecular weight is 289 g/mol. The molecule has 2 rings (SSSR count). The summed E-state index contributed by atoms with van der Waals surface area (Å²) in [6, 6.07) is 13.3. The number of carbonyl (C=O) groups excluding carboxylic acids is 1. The van der Waals surface area contributed by atoms with Crippen molar-refractivity contribution < 1.29 is 23.0 Å². The maximum Gasteiger partial charge on any atom is 0.387 e. The Labute approximate surface area is 119 Å². The zero-order valence-corrected chi connectivity index (χ0v) is 10.6. The Balaban J connectivity index is 2.12. The van der Waals surface area contributed by atoms with Gasteiger partial charge in [0.1, 0.15) is 17.6 Å². The second kappa shape index (κ2) is 6.48. The van der Waals surface area contributed by atoms with Gasteiger partial charge >= 0.3 is 12.6 Å². The molecule has 4 nitrogen and oxygen atoms in total. The van der Waals surface area contributed by atoms with E-state index in [9.17, 15) is 13.6 Å². The molecule has 21 heavy (non-hydrogen) atoms. The monoisotopic (exact) mass is 289 g/mol. The van der Waals surface area contributed by atoms with E-state index in [-0.39, 0.29) is 22.6 Å². The van der Waals surface area contributed by atoms with E-state index in [0.29, 0.717) is 0 Å². The molecule has 6 heteroatoms. The van der Waals surface area contributed by atoms with Crippen molar-refractivity contribution in [3.63, 3.8) is 0 Å². The molecule has 0 unspecified atom stereocenters. The van der Waals surface area contributed by atoms with E-state index < -0.39 is 12.6 Å². The second-order valence-corrected chi connectivity index (χ2v) is 3.90. The molecule has 0 radical (unpaired) electrons. The SMILES string of the molecule is N#Cc1ccccc1OC(=O)c1ccc(OC(F)F)cc1. The highest BCUT2D eigenvalue weighted by atomic mass is 19.3. The van der Waals surface area contributed by atoms with Crippen LogP contribution < -0.4 is 9.47 Å². The number of esters is 1. The Bertz CT molecular complexity index is 678. The predicted octanol–water partition coefficient (Wildman–Crippen LogP) is 3.38. The number of ether oxygens (including phenoxy) is 2. The quantitative estimate of drug-likeness (QED) is 0.639. The lowest BCUT2D eigenvalue weighted by molar-refractivity contribution is -0.0498. The molecule has 0 N–H and O–H groups in total. The molecule has 0 aliphatic rings. The van der Waals surface area contributed by atoms with Gasteiger partial charge in [-0.1, -0.05) is 12.1 Å². The van der Waals surface area contributed by atoms with Crippen LogP contribution in [0.1, 0.15) is 15.9 Å². The van der Waals surface area contributed by atoms with Gasteiger partial charge in [0.05, 0.1) is 11.1 Å². The number of nitrogens with zero attached hydrogens (tertiary/aromatic N) is 1. The number of rotatable bonds is 4. The van der Waals surface area contributed by atoms with E-state index in [1.165, 1.54) is 36.4 Å². The highest BCUT2D eigenvalue weighted by Crippen LogP contribution is 2.20. The molecule has 2 aromatic rings. The van der Waals surface area contributed by atoms with E-state index in [1.807, 2.05) is 6.07 Å². The molecule has 0 saturated heterocycles. The Morgan fingerprint density at radius 3 is 2.38 bits per heavy atom. The lowest BCUT2D eigenvalue weighted by Gasteiger charge is -2.07. The van der Waals surface area contributed by atoms with Crippen molar-refractivity contribution in [3.05, 3.63) is 59.7 Å². The zero-order valence-electron chi connectivity index (χ0n) is 10.6. The molecular formula is C15H9F2NO3. The van der Waals surface area contributed by atoms with Gasteiger partial charge in [0.2, 0.25) is 0 Å². The smallest absolute Gasteiger partial charge is 0.387 e. The topological polar surface area (TPSA) is 59.3 Å². The number of hydrogen-bond donors (Lipinski definition) is 0. The zero-order chi connectivity index (χ0) is 15.2. The Hall–Kier alpha value is -2.94. The number of benzene rings is 2. The van der Waals surface area contributed by atoms with Crippen molar-refractivity contribution in [1.82, 2.24) is 0 Å². The average Bonchev–Trinajstić information content (AvgIpc) is 2.48. The van der Waals surface area contributed by atoms with Crippen LogP contribution in [-0.2, 0) is 0 Å². The first-order valence-corrected chi connectivity index (χ1v) is 5.86. The molecule has 0 heterocycles.